The quantitative estimate of drug-likeness (QED) is 0.337. The Balaban J connectivity index is 1.78. The average Bonchev–Trinajstić information content (AvgIpc) is 2.61. The van der Waals surface area contributed by atoms with Gasteiger partial charge in [-0.1, -0.05) is 58.3 Å². The summed E-state index contributed by atoms with van der Waals surface area (Å²) < 4.78 is 15.9. The van der Waals surface area contributed by atoms with Crippen LogP contribution in [0.3, 0.4) is 0 Å². The Morgan fingerprint density at radius 1 is 0.917 bits per heavy atom. The first-order valence-corrected chi connectivity index (χ1v) is 9.86. The molecule has 0 bridgehead atoms. The summed E-state index contributed by atoms with van der Waals surface area (Å²) in [5.74, 6) is -0.239. The highest BCUT2D eigenvalue weighted by atomic mass is 16.6. The van der Waals surface area contributed by atoms with Gasteiger partial charge in [0.1, 0.15) is 6.61 Å². The highest BCUT2D eigenvalue weighted by molar-refractivity contribution is 5.70. The summed E-state index contributed by atoms with van der Waals surface area (Å²) in [6.45, 7) is 7.77. The molecule has 0 aromatic carbocycles. The van der Waals surface area contributed by atoms with E-state index in [0.717, 1.165) is 45.7 Å². The molecule has 0 N–H and O–H groups in total. The number of unbranched alkanes of at least 4 members (excludes halogenated alkanes) is 8. The van der Waals surface area contributed by atoms with Crippen molar-refractivity contribution < 1.29 is 19.0 Å². The molecule has 1 fully saturated rings. The Morgan fingerprint density at radius 3 is 2.21 bits per heavy atom. The fourth-order valence-corrected chi connectivity index (χ4v) is 2.81. The second kappa shape index (κ2) is 15.9. The Hall–Kier alpha value is -0.650. The van der Waals surface area contributed by atoms with Crippen molar-refractivity contribution in [3.8, 4) is 0 Å². The molecule has 1 aliphatic rings. The van der Waals surface area contributed by atoms with E-state index in [1.807, 2.05) is 0 Å². The molecule has 0 amide bonds. The second-order valence-corrected chi connectivity index (χ2v) is 6.56. The van der Waals surface area contributed by atoms with Gasteiger partial charge in [-0.25, -0.2) is 4.79 Å². The summed E-state index contributed by atoms with van der Waals surface area (Å²) in [5, 5.41) is 0. The zero-order valence-corrected chi connectivity index (χ0v) is 15.6. The molecule has 1 rings (SSSR count). The SMILES string of the molecule is CCCCCCCCCCCOC(=O)COCCN1CCOCC1. The van der Waals surface area contributed by atoms with Gasteiger partial charge < -0.3 is 14.2 Å². The van der Waals surface area contributed by atoms with Gasteiger partial charge in [0.25, 0.3) is 0 Å². The van der Waals surface area contributed by atoms with Crippen molar-refractivity contribution in [3.63, 3.8) is 0 Å². The van der Waals surface area contributed by atoms with Crippen molar-refractivity contribution in [3.05, 3.63) is 0 Å². The van der Waals surface area contributed by atoms with Crippen molar-refractivity contribution in [2.24, 2.45) is 0 Å². The highest BCUT2D eigenvalue weighted by Gasteiger charge is 2.10. The molecule has 0 atom stereocenters. The van der Waals surface area contributed by atoms with Crippen LogP contribution in [0.4, 0.5) is 0 Å². The normalized spacial score (nSPS) is 15.5. The predicted octanol–water partition coefficient (Wildman–Crippen LogP) is 3.41. The molecule has 142 valence electrons. The number of carbonyl (C=O) groups is 1. The van der Waals surface area contributed by atoms with Crippen LogP contribution in [-0.2, 0) is 19.0 Å². The number of morpholine rings is 1. The first kappa shape index (κ1) is 21.4. The minimum absolute atomic E-state index is 0.0712. The maximum Gasteiger partial charge on any atom is 0.332 e. The molecule has 0 aliphatic carbocycles. The summed E-state index contributed by atoms with van der Waals surface area (Å²) in [5.41, 5.74) is 0. The van der Waals surface area contributed by atoms with Gasteiger partial charge in [0, 0.05) is 19.6 Å². The zero-order chi connectivity index (χ0) is 17.3. The van der Waals surface area contributed by atoms with Crippen molar-refractivity contribution in [2.75, 3.05) is 52.7 Å². The van der Waals surface area contributed by atoms with Crippen LogP contribution in [0.2, 0.25) is 0 Å². The molecule has 0 spiro atoms. The van der Waals surface area contributed by atoms with Crippen LogP contribution < -0.4 is 0 Å². The molecule has 1 saturated heterocycles. The summed E-state index contributed by atoms with van der Waals surface area (Å²) in [6.07, 6.45) is 11.4. The average molecular weight is 344 g/mol. The molecular formula is C19H37NO4. The predicted molar refractivity (Wildman–Crippen MR) is 96.3 cm³/mol. The van der Waals surface area contributed by atoms with Crippen LogP contribution in [0.15, 0.2) is 0 Å². The van der Waals surface area contributed by atoms with Gasteiger partial charge in [-0.05, 0) is 6.42 Å². The van der Waals surface area contributed by atoms with Crippen LogP contribution in [0, 0.1) is 0 Å². The number of rotatable bonds is 15. The van der Waals surface area contributed by atoms with Gasteiger partial charge in [0.2, 0.25) is 0 Å². The lowest BCUT2D eigenvalue weighted by atomic mass is 10.1. The van der Waals surface area contributed by atoms with E-state index < -0.39 is 0 Å². The monoisotopic (exact) mass is 343 g/mol. The summed E-state index contributed by atoms with van der Waals surface area (Å²) in [6, 6.07) is 0. The Kier molecular flexibility index (Phi) is 14.1. The number of hydrogen-bond acceptors (Lipinski definition) is 5. The van der Waals surface area contributed by atoms with Crippen LogP contribution in [0.5, 0.6) is 0 Å². The molecular weight excluding hydrogens is 306 g/mol. The summed E-state index contributed by atoms with van der Waals surface area (Å²) in [7, 11) is 0. The Labute approximate surface area is 148 Å². The fourth-order valence-electron chi connectivity index (χ4n) is 2.81. The number of ether oxygens (including phenoxy) is 3. The second-order valence-electron chi connectivity index (χ2n) is 6.56. The molecule has 0 aromatic rings. The van der Waals surface area contributed by atoms with Gasteiger partial charge in [-0.3, -0.25) is 4.90 Å². The van der Waals surface area contributed by atoms with E-state index in [1.165, 1.54) is 44.9 Å². The van der Waals surface area contributed by atoms with Gasteiger partial charge in [-0.15, -0.1) is 0 Å². The third-order valence-corrected chi connectivity index (χ3v) is 4.39. The lowest BCUT2D eigenvalue weighted by Crippen LogP contribution is -2.38. The summed E-state index contributed by atoms with van der Waals surface area (Å²) in [4.78, 5) is 13.8. The minimum atomic E-state index is -0.239. The van der Waals surface area contributed by atoms with E-state index in [9.17, 15) is 4.79 Å². The van der Waals surface area contributed by atoms with E-state index in [4.69, 9.17) is 14.2 Å². The van der Waals surface area contributed by atoms with E-state index in [2.05, 4.69) is 11.8 Å². The molecule has 0 aromatic heterocycles. The number of nitrogens with zero attached hydrogens (tertiary/aromatic N) is 1. The maximum absolute atomic E-state index is 11.5. The lowest BCUT2D eigenvalue weighted by Gasteiger charge is -2.26. The smallest absolute Gasteiger partial charge is 0.332 e. The molecule has 0 unspecified atom stereocenters. The molecule has 5 nitrogen and oxygen atoms in total. The van der Waals surface area contributed by atoms with Crippen molar-refractivity contribution >= 4 is 5.97 Å². The number of carbonyl (C=O) groups excluding carboxylic acids is 1. The van der Waals surface area contributed by atoms with Crippen molar-refractivity contribution in [1.82, 2.24) is 4.90 Å². The molecule has 1 aliphatic heterocycles. The maximum atomic E-state index is 11.5. The first-order chi connectivity index (χ1) is 11.8. The van der Waals surface area contributed by atoms with Crippen molar-refractivity contribution in [1.29, 1.82) is 0 Å². The fraction of sp³-hybridized carbons (Fsp3) is 0.947. The van der Waals surface area contributed by atoms with E-state index in [1.54, 1.807) is 0 Å². The molecule has 0 saturated carbocycles. The summed E-state index contributed by atoms with van der Waals surface area (Å²) >= 11 is 0. The zero-order valence-electron chi connectivity index (χ0n) is 15.6. The van der Waals surface area contributed by atoms with Gasteiger partial charge in [0.05, 0.1) is 26.4 Å². The number of esters is 1. The van der Waals surface area contributed by atoms with Crippen LogP contribution in [0.25, 0.3) is 0 Å². The third kappa shape index (κ3) is 12.7. The molecule has 1 heterocycles. The van der Waals surface area contributed by atoms with E-state index in [-0.39, 0.29) is 12.6 Å². The topological polar surface area (TPSA) is 48.0 Å². The Morgan fingerprint density at radius 2 is 1.54 bits per heavy atom. The van der Waals surface area contributed by atoms with Gasteiger partial charge >= 0.3 is 5.97 Å². The number of hydrogen-bond donors (Lipinski definition) is 0. The van der Waals surface area contributed by atoms with Gasteiger partial charge in [-0.2, -0.15) is 0 Å². The van der Waals surface area contributed by atoms with Gasteiger partial charge in [0.15, 0.2) is 0 Å². The minimum Gasteiger partial charge on any atom is -0.464 e. The lowest BCUT2D eigenvalue weighted by molar-refractivity contribution is -0.149. The van der Waals surface area contributed by atoms with E-state index >= 15 is 0 Å². The largest absolute Gasteiger partial charge is 0.464 e. The van der Waals surface area contributed by atoms with Crippen LogP contribution >= 0.6 is 0 Å². The van der Waals surface area contributed by atoms with Crippen molar-refractivity contribution in [2.45, 2.75) is 64.7 Å². The first-order valence-electron chi connectivity index (χ1n) is 9.86. The van der Waals surface area contributed by atoms with E-state index in [0.29, 0.717) is 13.2 Å². The standard InChI is InChI=1S/C19H37NO4/c1-2-3-4-5-6-7-8-9-10-14-24-19(21)18-23-17-13-20-11-15-22-16-12-20/h2-18H2,1H3. The van der Waals surface area contributed by atoms with Crippen LogP contribution in [0.1, 0.15) is 64.7 Å². The Bertz CT molecular complexity index is 293. The third-order valence-electron chi connectivity index (χ3n) is 4.39. The molecule has 0 radical (unpaired) electrons. The molecule has 5 heteroatoms. The molecule has 24 heavy (non-hydrogen) atoms. The highest BCUT2D eigenvalue weighted by Crippen LogP contribution is 2.09. The van der Waals surface area contributed by atoms with Crippen LogP contribution in [-0.4, -0.2) is 63.5 Å².